The van der Waals surface area contributed by atoms with Crippen molar-refractivity contribution in [3.63, 3.8) is 0 Å². The molecule has 0 saturated carbocycles. The highest BCUT2D eigenvalue weighted by Gasteiger charge is 2.41. The Morgan fingerprint density at radius 1 is 1.00 bits per heavy atom. The van der Waals surface area contributed by atoms with Gasteiger partial charge in [0.25, 0.3) is 0 Å². The third-order valence-corrected chi connectivity index (χ3v) is 5.33. The molecule has 0 fully saturated rings. The van der Waals surface area contributed by atoms with Crippen molar-refractivity contribution >= 4 is 16.0 Å². The number of hydrogen-bond acceptors (Lipinski definition) is 4. The van der Waals surface area contributed by atoms with E-state index in [2.05, 4.69) is 4.72 Å². The first-order valence-corrected chi connectivity index (χ1v) is 8.98. The summed E-state index contributed by atoms with van der Waals surface area (Å²) in [7, 11) is -2.50. The molecule has 2 aromatic carbocycles. The number of nitrogens with one attached hydrogen (secondary N) is 1. The van der Waals surface area contributed by atoms with Crippen LogP contribution in [0.15, 0.2) is 65.6 Å². The molecule has 1 atom stereocenters. The van der Waals surface area contributed by atoms with Gasteiger partial charge in [-0.3, -0.25) is 4.79 Å². The molecule has 2 rings (SSSR count). The van der Waals surface area contributed by atoms with Crippen LogP contribution in [0.3, 0.4) is 0 Å². The Morgan fingerprint density at radius 3 is 2.00 bits per heavy atom. The summed E-state index contributed by atoms with van der Waals surface area (Å²) in [6.07, 6.45) is 0. The van der Waals surface area contributed by atoms with Crippen LogP contribution in [-0.4, -0.2) is 21.5 Å². The number of sulfonamides is 1. The molecule has 0 amide bonds. The van der Waals surface area contributed by atoms with Gasteiger partial charge in [-0.2, -0.15) is 0 Å². The summed E-state index contributed by atoms with van der Waals surface area (Å²) in [5, 5.41) is 0. The van der Waals surface area contributed by atoms with E-state index in [0.29, 0.717) is 5.56 Å². The fraction of sp³-hybridized carbons (Fsp3) is 0.278. The lowest BCUT2D eigenvalue weighted by molar-refractivity contribution is -0.152. The molecule has 0 saturated heterocycles. The second-order valence-corrected chi connectivity index (χ2v) is 7.71. The van der Waals surface area contributed by atoms with E-state index in [4.69, 9.17) is 4.74 Å². The monoisotopic (exact) mass is 347 g/mol. The molecule has 24 heavy (non-hydrogen) atoms. The van der Waals surface area contributed by atoms with Crippen LogP contribution in [0.1, 0.15) is 25.5 Å². The zero-order valence-corrected chi connectivity index (χ0v) is 14.7. The van der Waals surface area contributed by atoms with Gasteiger partial charge in [-0.1, -0.05) is 48.5 Å². The molecule has 0 heterocycles. The number of carbonyl (C=O) groups excluding carboxylic acids is 1. The van der Waals surface area contributed by atoms with E-state index in [9.17, 15) is 13.2 Å². The number of rotatable bonds is 6. The molecule has 0 aliphatic heterocycles. The van der Waals surface area contributed by atoms with Crippen LogP contribution in [0.25, 0.3) is 0 Å². The zero-order chi connectivity index (χ0) is 17.8. The van der Waals surface area contributed by atoms with Gasteiger partial charge < -0.3 is 4.74 Å². The average Bonchev–Trinajstić information content (AvgIpc) is 2.60. The Labute approximate surface area is 142 Å². The van der Waals surface area contributed by atoms with E-state index in [-0.39, 0.29) is 4.90 Å². The van der Waals surface area contributed by atoms with Crippen LogP contribution >= 0.6 is 0 Å². The lowest BCUT2D eigenvalue weighted by Gasteiger charge is -2.32. The second-order valence-electron chi connectivity index (χ2n) is 5.99. The average molecular weight is 347 g/mol. The topological polar surface area (TPSA) is 72.5 Å². The summed E-state index contributed by atoms with van der Waals surface area (Å²) in [5.41, 5.74) is -0.398. The van der Waals surface area contributed by atoms with Gasteiger partial charge in [-0.15, -0.1) is 0 Å². The number of ether oxygens (including phenoxy) is 1. The van der Waals surface area contributed by atoms with Crippen LogP contribution in [0, 0.1) is 5.41 Å². The predicted octanol–water partition coefficient (Wildman–Crippen LogP) is 2.91. The normalized spacial score (nSPS) is 13.3. The zero-order valence-electron chi connectivity index (χ0n) is 13.9. The molecule has 0 radical (unpaired) electrons. The summed E-state index contributed by atoms with van der Waals surface area (Å²) in [4.78, 5) is 12.4. The number of esters is 1. The first-order chi connectivity index (χ1) is 11.3. The van der Waals surface area contributed by atoms with Crippen LogP contribution in [0.5, 0.6) is 0 Å². The number of hydrogen-bond donors (Lipinski definition) is 1. The smallest absolute Gasteiger partial charge is 0.313 e. The van der Waals surface area contributed by atoms with Gasteiger partial charge >= 0.3 is 5.97 Å². The van der Waals surface area contributed by atoms with Gasteiger partial charge in [-0.25, -0.2) is 13.1 Å². The Kier molecular flexibility index (Phi) is 5.41. The first kappa shape index (κ1) is 18.2. The predicted molar refractivity (Wildman–Crippen MR) is 91.7 cm³/mol. The molecule has 0 aromatic heterocycles. The van der Waals surface area contributed by atoms with Crippen molar-refractivity contribution in [3.05, 3.63) is 66.2 Å². The van der Waals surface area contributed by atoms with Crippen molar-refractivity contribution < 1.29 is 17.9 Å². The largest absolute Gasteiger partial charge is 0.469 e. The maximum Gasteiger partial charge on any atom is 0.313 e. The molecule has 0 bridgehead atoms. The Bertz CT molecular complexity index is 786. The van der Waals surface area contributed by atoms with Gasteiger partial charge in [0.2, 0.25) is 10.0 Å². The Morgan fingerprint density at radius 2 is 1.50 bits per heavy atom. The minimum absolute atomic E-state index is 0.145. The first-order valence-electron chi connectivity index (χ1n) is 7.50. The van der Waals surface area contributed by atoms with Crippen molar-refractivity contribution in [1.29, 1.82) is 0 Å². The molecule has 6 heteroatoms. The van der Waals surface area contributed by atoms with E-state index in [1.54, 1.807) is 56.3 Å². The SMILES string of the molecule is COC(=O)C(C)(C)C(NS(=O)(=O)c1ccccc1)c1ccccc1. The molecule has 0 spiro atoms. The van der Waals surface area contributed by atoms with Crippen molar-refractivity contribution in [1.82, 2.24) is 4.72 Å². The van der Waals surface area contributed by atoms with Crippen LogP contribution < -0.4 is 4.72 Å². The molecular weight excluding hydrogens is 326 g/mol. The van der Waals surface area contributed by atoms with Gasteiger partial charge in [-0.05, 0) is 31.5 Å². The molecule has 1 N–H and O–H groups in total. The third kappa shape index (κ3) is 3.83. The van der Waals surface area contributed by atoms with E-state index in [0.717, 1.165) is 0 Å². The van der Waals surface area contributed by atoms with E-state index >= 15 is 0 Å². The van der Waals surface area contributed by atoms with Gasteiger partial charge in [0, 0.05) is 0 Å². The quantitative estimate of drug-likeness (QED) is 0.816. The van der Waals surface area contributed by atoms with Crippen molar-refractivity contribution in [2.45, 2.75) is 24.8 Å². The highest BCUT2D eigenvalue weighted by Crippen LogP contribution is 2.35. The lowest BCUT2D eigenvalue weighted by Crippen LogP contribution is -2.43. The van der Waals surface area contributed by atoms with E-state index in [1.807, 2.05) is 6.07 Å². The van der Waals surface area contributed by atoms with Crippen LogP contribution in [-0.2, 0) is 19.6 Å². The Hall–Kier alpha value is -2.18. The highest BCUT2D eigenvalue weighted by molar-refractivity contribution is 7.89. The summed E-state index contributed by atoms with van der Waals surface area (Å²) in [5.74, 6) is -0.493. The molecule has 1 unspecified atom stereocenters. The molecular formula is C18H21NO4S. The van der Waals surface area contributed by atoms with Crippen LogP contribution in [0.4, 0.5) is 0 Å². The number of benzene rings is 2. The molecule has 128 valence electrons. The van der Waals surface area contributed by atoms with Crippen molar-refractivity contribution in [3.8, 4) is 0 Å². The van der Waals surface area contributed by atoms with Gasteiger partial charge in [0.15, 0.2) is 0 Å². The van der Waals surface area contributed by atoms with E-state index in [1.165, 1.54) is 19.2 Å². The van der Waals surface area contributed by atoms with Gasteiger partial charge in [0.1, 0.15) is 0 Å². The van der Waals surface area contributed by atoms with Crippen molar-refractivity contribution in [2.75, 3.05) is 7.11 Å². The lowest BCUT2D eigenvalue weighted by atomic mass is 9.81. The number of carbonyl (C=O) groups is 1. The summed E-state index contributed by atoms with van der Waals surface area (Å²) in [6.45, 7) is 3.31. The maximum atomic E-state index is 12.7. The molecule has 0 aliphatic rings. The molecule has 0 aliphatic carbocycles. The Balaban J connectivity index is 2.47. The fourth-order valence-electron chi connectivity index (χ4n) is 2.48. The minimum atomic E-state index is -3.79. The summed E-state index contributed by atoms with van der Waals surface area (Å²) >= 11 is 0. The summed E-state index contributed by atoms with van der Waals surface area (Å²) < 4.78 is 32.9. The standard InChI is InChI=1S/C18H21NO4S/c1-18(2,17(20)23-3)16(14-10-6-4-7-11-14)19-24(21,22)15-12-8-5-9-13-15/h4-13,16,19H,1-3H3. The summed E-state index contributed by atoms with van der Waals surface area (Å²) in [6, 6.07) is 16.3. The fourth-order valence-corrected chi connectivity index (χ4v) is 3.87. The van der Waals surface area contributed by atoms with Gasteiger partial charge in [0.05, 0.1) is 23.5 Å². The molecule has 2 aromatic rings. The number of methoxy groups -OCH3 is 1. The molecule has 5 nitrogen and oxygen atoms in total. The maximum absolute atomic E-state index is 12.7. The third-order valence-electron chi connectivity index (χ3n) is 3.89. The second kappa shape index (κ2) is 7.15. The van der Waals surface area contributed by atoms with Crippen LogP contribution in [0.2, 0.25) is 0 Å². The van der Waals surface area contributed by atoms with Crippen molar-refractivity contribution in [2.24, 2.45) is 5.41 Å². The highest BCUT2D eigenvalue weighted by atomic mass is 32.2. The minimum Gasteiger partial charge on any atom is -0.469 e. The van der Waals surface area contributed by atoms with E-state index < -0.39 is 27.4 Å².